The van der Waals surface area contributed by atoms with Gasteiger partial charge in [0, 0.05) is 0 Å². The quantitative estimate of drug-likeness (QED) is 0.703. The van der Waals surface area contributed by atoms with Crippen molar-refractivity contribution in [2.75, 3.05) is 0 Å². The molecule has 1 aromatic carbocycles. The van der Waals surface area contributed by atoms with Gasteiger partial charge in [0.2, 0.25) is 5.91 Å². The fourth-order valence-corrected chi connectivity index (χ4v) is 1.48. The molecule has 0 bridgehead atoms. The molecule has 1 aromatic rings. The van der Waals surface area contributed by atoms with Crippen LogP contribution in [0.2, 0.25) is 0 Å². The van der Waals surface area contributed by atoms with Gasteiger partial charge in [0.25, 0.3) is 0 Å². The summed E-state index contributed by atoms with van der Waals surface area (Å²) in [7, 11) is 0. The molecule has 1 fully saturated rings. The lowest BCUT2D eigenvalue weighted by Gasteiger charge is -2.31. The number of rotatable bonds is 2. The van der Waals surface area contributed by atoms with E-state index in [0.717, 1.165) is 0 Å². The van der Waals surface area contributed by atoms with Crippen LogP contribution in [-0.2, 0) is 4.79 Å². The van der Waals surface area contributed by atoms with E-state index in [1.807, 2.05) is 49.4 Å². The van der Waals surface area contributed by atoms with Gasteiger partial charge in [-0.15, -0.1) is 0 Å². The first-order chi connectivity index (χ1) is 6.77. The van der Waals surface area contributed by atoms with Gasteiger partial charge in [0.15, 0.2) is 0 Å². The Morgan fingerprint density at radius 3 is 2.57 bits per heavy atom. The lowest BCUT2D eigenvalue weighted by atomic mass is 9.92. The second kappa shape index (κ2) is 3.66. The fourth-order valence-electron chi connectivity index (χ4n) is 1.48. The molecule has 2 nitrogen and oxygen atoms in total. The highest BCUT2D eigenvalue weighted by Crippen LogP contribution is 2.16. The summed E-state index contributed by atoms with van der Waals surface area (Å²) in [6.07, 6.45) is 4.09. The summed E-state index contributed by atoms with van der Waals surface area (Å²) in [5.74, 6) is 0.266. The van der Waals surface area contributed by atoms with Gasteiger partial charge in [-0.1, -0.05) is 49.4 Å². The maximum atomic E-state index is 10.9. The van der Waals surface area contributed by atoms with Crippen LogP contribution >= 0.6 is 0 Å². The molecule has 0 radical (unpaired) electrons. The van der Waals surface area contributed by atoms with Crippen molar-refractivity contribution in [2.24, 2.45) is 5.92 Å². The molecule has 1 aliphatic heterocycles. The van der Waals surface area contributed by atoms with Crippen molar-refractivity contribution in [1.82, 2.24) is 5.32 Å². The van der Waals surface area contributed by atoms with Gasteiger partial charge >= 0.3 is 0 Å². The lowest BCUT2D eigenvalue weighted by molar-refractivity contribution is -0.132. The van der Waals surface area contributed by atoms with Crippen molar-refractivity contribution >= 4 is 12.0 Å². The molecular formula is C12H13NO. The Morgan fingerprint density at radius 2 is 2.00 bits per heavy atom. The monoisotopic (exact) mass is 187 g/mol. The molecule has 14 heavy (non-hydrogen) atoms. The van der Waals surface area contributed by atoms with Crippen LogP contribution in [0.3, 0.4) is 0 Å². The number of carbonyl (C=O) groups excluding carboxylic acids is 1. The van der Waals surface area contributed by atoms with E-state index in [4.69, 9.17) is 0 Å². The molecule has 1 N–H and O–H groups in total. The summed E-state index contributed by atoms with van der Waals surface area (Å²) in [6, 6.07) is 10.3. The smallest absolute Gasteiger partial charge is 0.225 e. The number of carbonyl (C=O) groups is 1. The van der Waals surface area contributed by atoms with Gasteiger partial charge in [-0.25, -0.2) is 0 Å². The number of nitrogens with one attached hydrogen (secondary N) is 1. The molecular weight excluding hydrogens is 174 g/mol. The molecule has 1 heterocycles. The Kier molecular flexibility index (Phi) is 2.35. The third-order valence-corrected chi connectivity index (χ3v) is 2.56. The highest BCUT2D eigenvalue weighted by Gasteiger charge is 2.32. The largest absolute Gasteiger partial charge is 0.349 e. The van der Waals surface area contributed by atoms with E-state index in [9.17, 15) is 4.79 Å². The van der Waals surface area contributed by atoms with Crippen LogP contribution in [0.4, 0.5) is 0 Å². The summed E-state index contributed by atoms with van der Waals surface area (Å²) in [6.45, 7) is 1.94. The average Bonchev–Trinajstić information content (AvgIpc) is 2.25. The van der Waals surface area contributed by atoms with Crippen molar-refractivity contribution in [2.45, 2.75) is 13.0 Å². The number of hydrogen-bond donors (Lipinski definition) is 1. The highest BCUT2D eigenvalue weighted by atomic mass is 16.2. The molecule has 0 unspecified atom stereocenters. The van der Waals surface area contributed by atoms with Gasteiger partial charge in [-0.3, -0.25) is 4.79 Å². The van der Waals surface area contributed by atoms with E-state index >= 15 is 0 Å². The molecule has 1 aliphatic rings. The summed E-state index contributed by atoms with van der Waals surface area (Å²) in [5, 5.41) is 2.84. The van der Waals surface area contributed by atoms with E-state index < -0.39 is 0 Å². The topological polar surface area (TPSA) is 29.1 Å². The average molecular weight is 187 g/mol. The first-order valence-corrected chi connectivity index (χ1v) is 4.81. The predicted octanol–water partition coefficient (Wildman–Crippen LogP) is 1.83. The zero-order valence-corrected chi connectivity index (χ0v) is 8.10. The highest BCUT2D eigenvalue weighted by molar-refractivity contribution is 5.86. The van der Waals surface area contributed by atoms with Gasteiger partial charge < -0.3 is 5.32 Å². The Balaban J connectivity index is 1.99. The standard InChI is InChI=1S/C12H13NO/c1-9-11(13-12(9)14)8-7-10-5-3-2-4-6-10/h2-9,11H,1H3,(H,13,14)/b8-7+/t9-,11-/m0/s1. The van der Waals surface area contributed by atoms with E-state index in [0.29, 0.717) is 0 Å². The summed E-state index contributed by atoms with van der Waals surface area (Å²) in [5.41, 5.74) is 1.17. The van der Waals surface area contributed by atoms with Crippen LogP contribution in [-0.4, -0.2) is 11.9 Å². The minimum absolute atomic E-state index is 0.120. The second-order valence-corrected chi connectivity index (χ2v) is 3.59. The molecule has 72 valence electrons. The van der Waals surface area contributed by atoms with Crippen LogP contribution in [0.1, 0.15) is 12.5 Å². The summed E-state index contributed by atoms with van der Waals surface area (Å²) >= 11 is 0. The normalized spacial score (nSPS) is 25.9. The number of hydrogen-bond acceptors (Lipinski definition) is 1. The van der Waals surface area contributed by atoms with Crippen molar-refractivity contribution < 1.29 is 4.79 Å². The zero-order chi connectivity index (χ0) is 9.97. The van der Waals surface area contributed by atoms with Crippen LogP contribution in [0.15, 0.2) is 36.4 Å². The van der Waals surface area contributed by atoms with Gasteiger partial charge in [-0.2, -0.15) is 0 Å². The van der Waals surface area contributed by atoms with Gasteiger partial charge in [-0.05, 0) is 5.56 Å². The zero-order valence-electron chi connectivity index (χ0n) is 8.10. The Bertz CT molecular complexity index is 356. The molecule has 2 rings (SSSR count). The van der Waals surface area contributed by atoms with E-state index in [1.54, 1.807) is 0 Å². The third-order valence-electron chi connectivity index (χ3n) is 2.56. The lowest BCUT2D eigenvalue weighted by Crippen LogP contribution is -2.55. The molecule has 0 spiro atoms. The van der Waals surface area contributed by atoms with E-state index in [2.05, 4.69) is 5.32 Å². The molecule has 2 heteroatoms. The first kappa shape index (κ1) is 9.00. The number of β-lactam (4-membered cyclic amide) rings is 1. The Labute approximate surface area is 83.6 Å². The molecule has 2 atom stereocenters. The molecule has 0 aromatic heterocycles. The van der Waals surface area contributed by atoms with E-state index in [1.165, 1.54) is 5.56 Å². The van der Waals surface area contributed by atoms with Crippen LogP contribution in [0, 0.1) is 5.92 Å². The molecule has 0 saturated carbocycles. The van der Waals surface area contributed by atoms with Crippen LogP contribution in [0.25, 0.3) is 6.08 Å². The second-order valence-electron chi connectivity index (χ2n) is 3.59. The summed E-state index contributed by atoms with van der Waals surface area (Å²) < 4.78 is 0. The van der Waals surface area contributed by atoms with Gasteiger partial charge in [0.05, 0.1) is 12.0 Å². The Morgan fingerprint density at radius 1 is 1.29 bits per heavy atom. The molecule has 1 saturated heterocycles. The fraction of sp³-hybridized carbons (Fsp3) is 0.250. The summed E-state index contributed by atoms with van der Waals surface area (Å²) in [4.78, 5) is 10.9. The first-order valence-electron chi connectivity index (χ1n) is 4.81. The van der Waals surface area contributed by atoms with Crippen molar-refractivity contribution in [3.05, 3.63) is 42.0 Å². The maximum Gasteiger partial charge on any atom is 0.225 e. The SMILES string of the molecule is C[C@@H]1C(=O)N[C@H]1/C=C/c1ccccc1. The van der Waals surface area contributed by atoms with Crippen LogP contribution in [0.5, 0.6) is 0 Å². The van der Waals surface area contributed by atoms with Crippen molar-refractivity contribution in [3.63, 3.8) is 0 Å². The van der Waals surface area contributed by atoms with Gasteiger partial charge in [0.1, 0.15) is 0 Å². The number of amides is 1. The van der Waals surface area contributed by atoms with Crippen molar-refractivity contribution in [3.8, 4) is 0 Å². The van der Waals surface area contributed by atoms with Crippen molar-refractivity contribution in [1.29, 1.82) is 0 Å². The van der Waals surface area contributed by atoms with E-state index in [-0.39, 0.29) is 17.9 Å². The molecule has 0 aliphatic carbocycles. The maximum absolute atomic E-state index is 10.9. The molecule has 1 amide bonds. The Hall–Kier alpha value is -1.57. The predicted molar refractivity (Wildman–Crippen MR) is 56.6 cm³/mol. The minimum atomic E-state index is 0.120. The van der Waals surface area contributed by atoms with Crippen LogP contribution < -0.4 is 5.32 Å². The minimum Gasteiger partial charge on any atom is -0.349 e. The number of benzene rings is 1. The third kappa shape index (κ3) is 1.69.